The van der Waals surface area contributed by atoms with Gasteiger partial charge in [-0.1, -0.05) is 12.8 Å². The number of rotatable bonds is 11. The molecule has 1 aliphatic carbocycles. The van der Waals surface area contributed by atoms with Crippen LogP contribution in [0.1, 0.15) is 25.7 Å². The van der Waals surface area contributed by atoms with Crippen molar-refractivity contribution in [2.24, 2.45) is 5.73 Å². The van der Waals surface area contributed by atoms with Crippen LogP contribution in [0, 0.1) is 0 Å². The highest BCUT2D eigenvalue weighted by molar-refractivity contribution is 7.47. The topological polar surface area (TPSA) is 229 Å². The quantitative estimate of drug-likeness (QED) is 0.128. The van der Waals surface area contributed by atoms with Gasteiger partial charge in [0, 0.05) is 0 Å². The average molecular weight is 439 g/mol. The summed E-state index contributed by atoms with van der Waals surface area (Å²) in [6.07, 6.45) is -9.79. The lowest BCUT2D eigenvalue weighted by Gasteiger charge is -2.43. The van der Waals surface area contributed by atoms with Gasteiger partial charge in [-0.2, -0.15) is 0 Å². The summed E-state index contributed by atoms with van der Waals surface area (Å²) in [6, 6.07) is 0. The fourth-order valence-electron chi connectivity index (χ4n) is 2.55. The zero-order valence-electron chi connectivity index (χ0n) is 14.4. The Hall–Kier alpha value is 0.0200. The Balaban J connectivity index is 2.66. The van der Waals surface area contributed by atoms with E-state index in [1.165, 1.54) is 0 Å². The molecule has 13 nitrogen and oxygen atoms in total. The van der Waals surface area contributed by atoms with Gasteiger partial charge in [-0.3, -0.25) is 13.6 Å². The molecule has 162 valence electrons. The summed E-state index contributed by atoms with van der Waals surface area (Å²) in [6.45, 7) is 0.365. The number of aliphatic hydroxyl groups is 4. The smallest absolute Gasteiger partial charge is 0.387 e. The van der Waals surface area contributed by atoms with Gasteiger partial charge >= 0.3 is 15.6 Å². The third kappa shape index (κ3) is 8.11. The first-order valence-electron chi connectivity index (χ1n) is 8.21. The van der Waals surface area contributed by atoms with Crippen LogP contribution in [0.3, 0.4) is 0 Å². The molecule has 1 fully saturated rings. The van der Waals surface area contributed by atoms with Crippen LogP contribution in [-0.4, -0.2) is 84.9 Å². The van der Waals surface area contributed by atoms with Crippen molar-refractivity contribution in [2.45, 2.75) is 62.3 Å². The zero-order chi connectivity index (χ0) is 20.8. The normalized spacial score (nSPS) is 34.4. The molecule has 1 saturated carbocycles. The van der Waals surface area contributed by atoms with Crippen molar-refractivity contribution in [3.63, 3.8) is 0 Å². The van der Waals surface area contributed by atoms with Crippen LogP contribution in [0.4, 0.5) is 0 Å². The van der Waals surface area contributed by atoms with Crippen LogP contribution in [0.5, 0.6) is 0 Å². The Morgan fingerprint density at radius 2 is 1.19 bits per heavy atom. The van der Waals surface area contributed by atoms with Crippen LogP contribution < -0.4 is 5.73 Å². The van der Waals surface area contributed by atoms with E-state index in [2.05, 4.69) is 9.05 Å². The van der Waals surface area contributed by atoms with E-state index in [-0.39, 0.29) is 6.61 Å². The summed E-state index contributed by atoms with van der Waals surface area (Å²) in [7, 11) is -9.94. The second-order valence-corrected chi connectivity index (χ2v) is 8.70. The molecular formula is C12H27NO12P2. The molecule has 1 rings (SSSR count). The van der Waals surface area contributed by atoms with Crippen molar-refractivity contribution in [1.82, 2.24) is 0 Å². The van der Waals surface area contributed by atoms with Crippen molar-refractivity contribution in [2.75, 3.05) is 13.2 Å². The SMILES string of the molecule is NCCCCCCOP(=O)(O)OC1[C@H](O)[C@H](O)C(OP(=O)(O)O)[C@H](O)[C@H]1O. The number of hydrogen-bond acceptors (Lipinski definition) is 10. The van der Waals surface area contributed by atoms with Gasteiger partial charge in [-0.05, 0) is 19.4 Å². The lowest BCUT2D eigenvalue weighted by Crippen LogP contribution is -2.64. The number of unbranched alkanes of at least 4 members (excludes halogenated alkanes) is 3. The van der Waals surface area contributed by atoms with E-state index in [9.17, 15) is 34.4 Å². The molecule has 0 aromatic carbocycles. The van der Waals surface area contributed by atoms with Gasteiger partial charge in [-0.25, -0.2) is 9.13 Å². The van der Waals surface area contributed by atoms with Crippen LogP contribution in [0.15, 0.2) is 0 Å². The minimum atomic E-state index is -5.17. The first kappa shape index (κ1) is 25.1. The Bertz CT molecular complexity index is 528. The molecule has 0 saturated heterocycles. The number of aliphatic hydroxyl groups excluding tert-OH is 4. The lowest BCUT2D eigenvalue weighted by molar-refractivity contribution is -0.216. The maximum Gasteiger partial charge on any atom is 0.472 e. The minimum Gasteiger partial charge on any atom is -0.387 e. The highest BCUT2D eigenvalue weighted by Crippen LogP contribution is 2.48. The van der Waals surface area contributed by atoms with Gasteiger partial charge in [0.2, 0.25) is 0 Å². The van der Waals surface area contributed by atoms with Crippen molar-refractivity contribution >= 4 is 15.6 Å². The molecule has 0 aliphatic heterocycles. The maximum atomic E-state index is 11.9. The molecule has 7 atom stereocenters. The summed E-state index contributed by atoms with van der Waals surface area (Å²) in [5, 5.41) is 39.6. The summed E-state index contributed by atoms with van der Waals surface area (Å²) in [5.41, 5.74) is 5.33. The van der Waals surface area contributed by atoms with E-state index in [1.54, 1.807) is 0 Å². The van der Waals surface area contributed by atoms with Gasteiger partial charge in [0.05, 0.1) is 6.61 Å². The van der Waals surface area contributed by atoms with E-state index >= 15 is 0 Å². The molecule has 9 N–H and O–H groups in total. The molecule has 0 aromatic heterocycles. The van der Waals surface area contributed by atoms with E-state index < -0.39 is 52.3 Å². The molecule has 0 amide bonds. The third-order valence-electron chi connectivity index (χ3n) is 3.91. The monoisotopic (exact) mass is 439 g/mol. The van der Waals surface area contributed by atoms with Crippen LogP contribution in [0.2, 0.25) is 0 Å². The van der Waals surface area contributed by atoms with Crippen LogP contribution >= 0.6 is 15.6 Å². The lowest BCUT2D eigenvalue weighted by atomic mass is 9.85. The second-order valence-electron chi connectivity index (χ2n) is 6.10. The molecule has 1 aliphatic rings. The summed E-state index contributed by atoms with van der Waals surface area (Å²) in [5.74, 6) is 0. The highest BCUT2D eigenvalue weighted by atomic mass is 31.2. The van der Waals surface area contributed by atoms with Gasteiger partial charge in [0.25, 0.3) is 0 Å². The first-order valence-corrected chi connectivity index (χ1v) is 11.2. The first-order chi connectivity index (χ1) is 12.4. The van der Waals surface area contributed by atoms with E-state index in [0.717, 1.165) is 12.8 Å². The van der Waals surface area contributed by atoms with Gasteiger partial charge < -0.3 is 40.8 Å². The van der Waals surface area contributed by atoms with Crippen molar-refractivity contribution in [3.05, 3.63) is 0 Å². The van der Waals surface area contributed by atoms with E-state index in [0.29, 0.717) is 19.4 Å². The Kier molecular flexibility index (Phi) is 9.93. The summed E-state index contributed by atoms with van der Waals surface area (Å²) < 4.78 is 36.3. The van der Waals surface area contributed by atoms with Crippen molar-refractivity contribution < 1.29 is 57.8 Å². The number of phosphoric acid groups is 2. The van der Waals surface area contributed by atoms with Gasteiger partial charge in [0.1, 0.15) is 36.6 Å². The van der Waals surface area contributed by atoms with Crippen LogP contribution in [0.25, 0.3) is 0 Å². The Morgan fingerprint density at radius 3 is 1.63 bits per heavy atom. The standard InChI is InChI=1S/C12H27NO12P2/c13-5-3-1-2-4-6-23-27(21,22)25-12-9(16)7(14)11(8(15)10(12)17)24-26(18,19)20/h7-12,14-17H,1-6,13H2,(H,21,22)(H2,18,19,20)/t7-,8+,9-,10-,11?,12?/m1/s1. The summed E-state index contributed by atoms with van der Waals surface area (Å²) in [4.78, 5) is 27.2. The van der Waals surface area contributed by atoms with Crippen LogP contribution in [-0.2, 0) is 22.7 Å². The Morgan fingerprint density at radius 1 is 0.741 bits per heavy atom. The summed E-state index contributed by atoms with van der Waals surface area (Å²) >= 11 is 0. The molecule has 0 aromatic rings. The predicted molar refractivity (Wildman–Crippen MR) is 89.1 cm³/mol. The molecular weight excluding hydrogens is 412 g/mol. The minimum absolute atomic E-state index is 0.160. The molecule has 27 heavy (non-hydrogen) atoms. The molecule has 0 spiro atoms. The van der Waals surface area contributed by atoms with Crippen molar-refractivity contribution in [3.8, 4) is 0 Å². The molecule has 0 heterocycles. The molecule has 15 heteroatoms. The van der Waals surface area contributed by atoms with Gasteiger partial charge in [-0.15, -0.1) is 0 Å². The predicted octanol–water partition coefficient (Wildman–Crippen LogP) is -2.06. The Labute approximate surface area is 155 Å². The number of phosphoric ester groups is 2. The van der Waals surface area contributed by atoms with Gasteiger partial charge in [0.15, 0.2) is 0 Å². The largest absolute Gasteiger partial charge is 0.472 e. The van der Waals surface area contributed by atoms with E-state index in [1.807, 2.05) is 0 Å². The highest BCUT2D eigenvalue weighted by Gasteiger charge is 2.53. The second kappa shape index (κ2) is 10.7. The number of hydrogen-bond donors (Lipinski definition) is 8. The third-order valence-corrected chi connectivity index (χ3v) is 5.45. The fourth-order valence-corrected chi connectivity index (χ4v) is 4.10. The maximum absolute atomic E-state index is 11.9. The molecule has 0 radical (unpaired) electrons. The zero-order valence-corrected chi connectivity index (χ0v) is 16.1. The molecule has 0 bridgehead atoms. The molecule has 3 unspecified atom stereocenters. The number of nitrogens with two attached hydrogens (primary N) is 1. The average Bonchev–Trinajstić information content (AvgIpc) is 2.56. The fraction of sp³-hybridized carbons (Fsp3) is 1.00. The van der Waals surface area contributed by atoms with E-state index in [4.69, 9.17) is 20.0 Å². The van der Waals surface area contributed by atoms with Crippen molar-refractivity contribution in [1.29, 1.82) is 0 Å².